The van der Waals surface area contributed by atoms with Crippen LogP contribution in [0, 0.1) is 6.92 Å². The van der Waals surface area contributed by atoms with Crippen molar-refractivity contribution in [2.24, 2.45) is 0 Å². The van der Waals surface area contributed by atoms with Crippen LogP contribution in [0.4, 0.5) is 5.82 Å². The topological polar surface area (TPSA) is 45.4 Å². The zero-order valence-corrected chi connectivity index (χ0v) is 12.0. The zero-order valence-electron chi connectivity index (χ0n) is 12.0. The van der Waals surface area contributed by atoms with Gasteiger partial charge in [-0.05, 0) is 19.4 Å². The number of fused-ring (bicyclic) bond motifs is 1. The second kappa shape index (κ2) is 5.63. The Kier molecular flexibility index (Phi) is 3.69. The van der Waals surface area contributed by atoms with Crippen molar-refractivity contribution in [1.29, 1.82) is 0 Å². The molecule has 3 rings (SSSR count). The summed E-state index contributed by atoms with van der Waals surface area (Å²) < 4.78 is 5.24. The van der Waals surface area contributed by atoms with Gasteiger partial charge in [-0.15, -0.1) is 0 Å². The first-order valence-corrected chi connectivity index (χ1v) is 7.02. The van der Waals surface area contributed by atoms with Crippen LogP contribution in [0.15, 0.2) is 28.9 Å². The molecule has 2 aromatic rings. The fourth-order valence-corrected chi connectivity index (χ4v) is 2.72. The van der Waals surface area contributed by atoms with E-state index in [0.717, 1.165) is 49.9 Å². The minimum absolute atomic E-state index is 0.930. The van der Waals surface area contributed by atoms with E-state index in [0.29, 0.717) is 0 Å². The highest BCUT2D eigenvalue weighted by molar-refractivity contribution is 5.47. The highest BCUT2D eigenvalue weighted by Crippen LogP contribution is 2.23. The van der Waals surface area contributed by atoms with Crippen molar-refractivity contribution in [3.05, 3.63) is 41.4 Å². The molecule has 0 aromatic carbocycles. The molecule has 5 nitrogen and oxygen atoms in total. The quantitative estimate of drug-likeness (QED) is 0.854. The Bertz CT molecular complexity index is 581. The second-order valence-corrected chi connectivity index (χ2v) is 5.42. The summed E-state index contributed by atoms with van der Waals surface area (Å²) in [7, 11) is 2.10. The smallest absolute Gasteiger partial charge is 0.137 e. The van der Waals surface area contributed by atoms with Gasteiger partial charge < -0.3 is 9.42 Å². The van der Waals surface area contributed by atoms with Crippen molar-refractivity contribution in [1.82, 2.24) is 15.0 Å². The molecule has 0 bridgehead atoms. The van der Waals surface area contributed by atoms with Gasteiger partial charge in [-0.3, -0.25) is 4.90 Å². The lowest BCUT2D eigenvalue weighted by atomic mass is 10.1. The van der Waals surface area contributed by atoms with Crippen molar-refractivity contribution >= 4 is 5.82 Å². The van der Waals surface area contributed by atoms with Crippen molar-refractivity contribution < 1.29 is 4.52 Å². The summed E-state index contributed by atoms with van der Waals surface area (Å²) in [5.74, 6) is 2.09. The van der Waals surface area contributed by atoms with Crippen molar-refractivity contribution in [3.8, 4) is 0 Å². The summed E-state index contributed by atoms with van der Waals surface area (Å²) in [6.07, 6.45) is 3.89. The Morgan fingerprint density at radius 1 is 1.40 bits per heavy atom. The summed E-state index contributed by atoms with van der Waals surface area (Å²) in [6, 6.07) is 6.18. The fourth-order valence-electron chi connectivity index (χ4n) is 2.72. The Morgan fingerprint density at radius 2 is 2.30 bits per heavy atom. The Hall–Kier alpha value is -1.88. The normalized spacial score (nSPS) is 15.4. The lowest BCUT2D eigenvalue weighted by Gasteiger charge is -2.35. The molecule has 0 radical (unpaired) electrons. The molecule has 0 atom stereocenters. The fraction of sp³-hybridized carbons (Fsp3) is 0.467. The van der Waals surface area contributed by atoms with Crippen molar-refractivity contribution in [2.45, 2.75) is 26.3 Å². The number of hydrogen-bond acceptors (Lipinski definition) is 5. The molecule has 3 heterocycles. The Labute approximate surface area is 119 Å². The van der Waals surface area contributed by atoms with Gasteiger partial charge in [-0.25, -0.2) is 4.98 Å². The minimum atomic E-state index is 0.930. The zero-order chi connectivity index (χ0) is 13.9. The molecular formula is C15H20N4O. The maximum atomic E-state index is 5.24. The van der Waals surface area contributed by atoms with Crippen LogP contribution in [0.25, 0.3) is 0 Å². The summed E-state index contributed by atoms with van der Waals surface area (Å²) in [5.41, 5.74) is 2.26. The molecule has 0 N–H and O–H groups in total. The van der Waals surface area contributed by atoms with E-state index in [9.17, 15) is 0 Å². The van der Waals surface area contributed by atoms with E-state index in [1.807, 2.05) is 25.3 Å². The van der Waals surface area contributed by atoms with Gasteiger partial charge in [-0.1, -0.05) is 11.2 Å². The molecule has 106 valence electrons. The first-order valence-electron chi connectivity index (χ1n) is 7.02. The predicted octanol–water partition coefficient (Wildman–Crippen LogP) is 2.22. The third kappa shape index (κ3) is 2.82. The highest BCUT2D eigenvalue weighted by atomic mass is 16.5. The Morgan fingerprint density at radius 3 is 3.10 bits per heavy atom. The molecule has 1 aliphatic rings. The van der Waals surface area contributed by atoms with E-state index in [-0.39, 0.29) is 0 Å². The van der Waals surface area contributed by atoms with Crippen LogP contribution in [-0.4, -0.2) is 35.3 Å². The van der Waals surface area contributed by atoms with Crippen LogP contribution in [0.3, 0.4) is 0 Å². The number of aryl methyl sites for hydroxylation is 2. The highest BCUT2D eigenvalue weighted by Gasteiger charge is 2.20. The number of aromatic nitrogens is 2. The van der Waals surface area contributed by atoms with Gasteiger partial charge in [0.1, 0.15) is 11.6 Å². The largest absolute Gasteiger partial charge is 0.361 e. The van der Waals surface area contributed by atoms with Crippen LogP contribution >= 0.6 is 0 Å². The number of anilines is 1. The van der Waals surface area contributed by atoms with E-state index in [1.165, 1.54) is 5.56 Å². The number of pyridine rings is 1. The van der Waals surface area contributed by atoms with Gasteiger partial charge >= 0.3 is 0 Å². The molecule has 0 unspecified atom stereocenters. The van der Waals surface area contributed by atoms with Gasteiger partial charge in [-0.2, -0.15) is 0 Å². The number of nitrogens with zero attached hydrogens (tertiary/aromatic N) is 4. The van der Waals surface area contributed by atoms with E-state index in [1.54, 1.807) is 0 Å². The molecule has 0 aliphatic carbocycles. The lowest BCUT2D eigenvalue weighted by Crippen LogP contribution is -2.41. The molecular weight excluding hydrogens is 252 g/mol. The molecule has 0 spiro atoms. The summed E-state index contributed by atoms with van der Waals surface area (Å²) in [6.45, 7) is 4.91. The molecule has 0 saturated carbocycles. The van der Waals surface area contributed by atoms with Crippen LogP contribution in [0.1, 0.15) is 23.4 Å². The second-order valence-electron chi connectivity index (χ2n) is 5.42. The van der Waals surface area contributed by atoms with Gasteiger partial charge in [0.05, 0.1) is 12.4 Å². The van der Waals surface area contributed by atoms with Crippen LogP contribution in [0.2, 0.25) is 0 Å². The van der Waals surface area contributed by atoms with Gasteiger partial charge in [0.25, 0.3) is 0 Å². The maximum absolute atomic E-state index is 5.24. The number of hydrogen-bond donors (Lipinski definition) is 0. The SMILES string of the molecule is Cc1cc(CCCN2Cc3cccnc3N(C)C2)on1. The summed E-state index contributed by atoms with van der Waals surface area (Å²) >= 11 is 0. The predicted molar refractivity (Wildman–Crippen MR) is 77.5 cm³/mol. The van der Waals surface area contributed by atoms with Crippen LogP contribution in [0.5, 0.6) is 0 Å². The van der Waals surface area contributed by atoms with Crippen molar-refractivity contribution in [2.75, 3.05) is 25.2 Å². The lowest BCUT2D eigenvalue weighted by molar-refractivity contribution is 0.248. The summed E-state index contributed by atoms with van der Waals surface area (Å²) in [5, 5.41) is 3.92. The van der Waals surface area contributed by atoms with Gasteiger partial charge in [0.2, 0.25) is 0 Å². The molecule has 2 aromatic heterocycles. The average molecular weight is 272 g/mol. The third-order valence-electron chi connectivity index (χ3n) is 3.61. The van der Waals surface area contributed by atoms with E-state index in [4.69, 9.17) is 4.52 Å². The van der Waals surface area contributed by atoms with Crippen molar-refractivity contribution in [3.63, 3.8) is 0 Å². The summed E-state index contributed by atoms with van der Waals surface area (Å²) in [4.78, 5) is 9.08. The first-order chi connectivity index (χ1) is 9.72. The molecule has 20 heavy (non-hydrogen) atoms. The number of rotatable bonds is 4. The molecule has 0 saturated heterocycles. The van der Waals surface area contributed by atoms with E-state index in [2.05, 4.69) is 33.1 Å². The van der Waals surface area contributed by atoms with Gasteiger partial charge in [0, 0.05) is 44.4 Å². The molecule has 5 heteroatoms. The van der Waals surface area contributed by atoms with E-state index >= 15 is 0 Å². The molecule has 0 amide bonds. The van der Waals surface area contributed by atoms with Crippen LogP contribution in [-0.2, 0) is 13.0 Å². The first kappa shape index (κ1) is 13.1. The average Bonchev–Trinajstić information content (AvgIpc) is 2.85. The Balaban J connectivity index is 1.55. The van der Waals surface area contributed by atoms with Crippen LogP contribution < -0.4 is 4.90 Å². The standard InChI is InChI=1S/C15H20N4O/c1-12-9-14(20-17-12)6-4-8-19-10-13-5-3-7-16-15(13)18(2)11-19/h3,5,7,9H,4,6,8,10-11H2,1-2H3. The van der Waals surface area contributed by atoms with Gasteiger partial charge in [0.15, 0.2) is 0 Å². The third-order valence-corrected chi connectivity index (χ3v) is 3.61. The maximum Gasteiger partial charge on any atom is 0.137 e. The molecule has 0 fully saturated rings. The minimum Gasteiger partial charge on any atom is -0.361 e. The molecule has 1 aliphatic heterocycles. The van der Waals surface area contributed by atoms with E-state index < -0.39 is 0 Å². The monoisotopic (exact) mass is 272 g/mol.